The van der Waals surface area contributed by atoms with Crippen LogP contribution in [0.15, 0.2) is 42.5 Å². The highest BCUT2D eigenvalue weighted by molar-refractivity contribution is 7.15. The molecule has 2 aromatic rings. The normalized spacial score (nSPS) is 12.2. The smallest absolute Gasteiger partial charge is 0.261 e. The van der Waals surface area contributed by atoms with E-state index in [0.717, 1.165) is 5.56 Å². The Kier molecular flexibility index (Phi) is 5.46. The molecule has 4 nitrogen and oxygen atoms in total. The van der Waals surface area contributed by atoms with Crippen LogP contribution >= 0.6 is 11.3 Å². The molecular weight excluding hydrogens is 296 g/mol. The number of hydrogen-bond acceptors (Lipinski definition) is 4. The van der Waals surface area contributed by atoms with Crippen molar-refractivity contribution in [2.24, 2.45) is 0 Å². The maximum atomic E-state index is 12.4. The molecule has 1 N–H and O–H groups in total. The number of hydrogen-bond donors (Lipinski definition) is 1. The number of rotatable bonds is 6. The molecule has 1 heterocycles. The first-order valence-corrected chi connectivity index (χ1v) is 7.90. The molecule has 1 atom stereocenters. The highest BCUT2D eigenvalue weighted by atomic mass is 32.1. The summed E-state index contributed by atoms with van der Waals surface area (Å²) in [6, 6.07) is 13.2. The lowest BCUT2D eigenvalue weighted by atomic mass is 10.1. The van der Waals surface area contributed by atoms with Gasteiger partial charge in [-0.3, -0.25) is 9.59 Å². The molecule has 22 heavy (non-hydrogen) atoms. The second kappa shape index (κ2) is 7.33. The largest absolute Gasteiger partial charge is 0.343 e. The van der Waals surface area contributed by atoms with Gasteiger partial charge in [-0.25, -0.2) is 0 Å². The molecule has 1 aromatic carbocycles. The molecule has 2 rings (SSSR count). The monoisotopic (exact) mass is 316 g/mol. The van der Waals surface area contributed by atoms with Crippen molar-refractivity contribution in [1.82, 2.24) is 10.2 Å². The molecule has 0 saturated heterocycles. The van der Waals surface area contributed by atoms with E-state index in [1.807, 2.05) is 49.3 Å². The molecule has 1 unspecified atom stereocenters. The standard InChI is InChI=1S/C17H20N2O2S/c1-12(20)15-9-10-16(22-15)17(21)18-14(11-19(2)3)13-7-5-4-6-8-13/h4-10,14H,11H2,1-3H3,(H,18,21). The molecular formula is C17H20N2O2S. The SMILES string of the molecule is CC(=O)c1ccc(C(=O)NC(CN(C)C)c2ccccc2)s1. The minimum Gasteiger partial charge on any atom is -0.343 e. The maximum absolute atomic E-state index is 12.4. The fraction of sp³-hybridized carbons (Fsp3) is 0.294. The van der Waals surface area contributed by atoms with Crippen LogP contribution < -0.4 is 5.32 Å². The van der Waals surface area contributed by atoms with Gasteiger partial charge < -0.3 is 10.2 Å². The lowest BCUT2D eigenvalue weighted by molar-refractivity contribution is 0.0933. The quantitative estimate of drug-likeness (QED) is 0.834. The molecule has 0 fully saturated rings. The van der Waals surface area contributed by atoms with Gasteiger partial charge >= 0.3 is 0 Å². The zero-order valence-corrected chi connectivity index (χ0v) is 13.8. The molecule has 0 aliphatic heterocycles. The Balaban J connectivity index is 2.15. The van der Waals surface area contributed by atoms with Crippen molar-refractivity contribution in [2.45, 2.75) is 13.0 Å². The third-order valence-corrected chi connectivity index (χ3v) is 4.42. The molecule has 0 saturated carbocycles. The van der Waals surface area contributed by atoms with E-state index in [2.05, 4.69) is 5.32 Å². The number of ketones is 1. The highest BCUT2D eigenvalue weighted by Crippen LogP contribution is 2.19. The first-order valence-electron chi connectivity index (χ1n) is 7.08. The van der Waals surface area contributed by atoms with Crippen molar-refractivity contribution in [1.29, 1.82) is 0 Å². The number of benzene rings is 1. The number of carbonyl (C=O) groups is 2. The summed E-state index contributed by atoms with van der Waals surface area (Å²) < 4.78 is 0. The van der Waals surface area contributed by atoms with E-state index in [9.17, 15) is 9.59 Å². The third kappa shape index (κ3) is 4.26. The minimum atomic E-state index is -0.145. The lowest BCUT2D eigenvalue weighted by Crippen LogP contribution is -2.34. The lowest BCUT2D eigenvalue weighted by Gasteiger charge is -2.22. The summed E-state index contributed by atoms with van der Waals surface area (Å²) in [7, 11) is 3.95. The van der Waals surface area contributed by atoms with Crippen LogP contribution in [0.5, 0.6) is 0 Å². The topological polar surface area (TPSA) is 49.4 Å². The zero-order chi connectivity index (χ0) is 16.1. The van der Waals surface area contributed by atoms with Crippen molar-refractivity contribution in [3.63, 3.8) is 0 Å². The molecule has 5 heteroatoms. The second-order valence-electron chi connectivity index (χ2n) is 5.42. The Morgan fingerprint density at radius 1 is 1.09 bits per heavy atom. The van der Waals surface area contributed by atoms with Crippen molar-refractivity contribution < 1.29 is 9.59 Å². The van der Waals surface area contributed by atoms with Crippen molar-refractivity contribution >= 4 is 23.0 Å². The van der Waals surface area contributed by atoms with Crippen LogP contribution in [-0.4, -0.2) is 37.2 Å². The zero-order valence-electron chi connectivity index (χ0n) is 13.0. The molecule has 1 aromatic heterocycles. The fourth-order valence-corrected chi connectivity index (χ4v) is 2.97. The third-order valence-electron chi connectivity index (χ3n) is 3.23. The molecule has 0 aliphatic carbocycles. The van der Waals surface area contributed by atoms with Gasteiger partial charge in [-0.2, -0.15) is 0 Å². The Labute approximate surface area is 134 Å². The Hall–Kier alpha value is -1.98. The van der Waals surface area contributed by atoms with E-state index in [1.165, 1.54) is 18.3 Å². The summed E-state index contributed by atoms with van der Waals surface area (Å²) in [5.41, 5.74) is 1.06. The average Bonchev–Trinajstić information content (AvgIpc) is 2.97. The molecule has 0 radical (unpaired) electrons. The summed E-state index contributed by atoms with van der Waals surface area (Å²) in [6.45, 7) is 2.22. The molecule has 1 amide bonds. The first-order chi connectivity index (χ1) is 10.5. The Bertz CT molecular complexity index is 650. The van der Waals surface area contributed by atoms with Crippen LogP contribution in [0.1, 0.15) is 37.9 Å². The summed E-state index contributed by atoms with van der Waals surface area (Å²) in [5.74, 6) is -0.162. The Morgan fingerprint density at radius 2 is 1.73 bits per heavy atom. The van der Waals surface area contributed by atoms with Gasteiger partial charge in [-0.1, -0.05) is 30.3 Å². The predicted molar refractivity (Wildman–Crippen MR) is 89.5 cm³/mol. The van der Waals surface area contributed by atoms with Crippen molar-refractivity contribution in [2.75, 3.05) is 20.6 Å². The first kappa shape index (κ1) is 16.4. The maximum Gasteiger partial charge on any atom is 0.261 e. The van der Waals surface area contributed by atoms with Crippen molar-refractivity contribution in [3.05, 3.63) is 57.8 Å². The van der Waals surface area contributed by atoms with Crippen LogP contribution in [-0.2, 0) is 0 Å². The van der Waals surface area contributed by atoms with Gasteiger partial charge in [0.15, 0.2) is 5.78 Å². The van der Waals surface area contributed by atoms with Crippen molar-refractivity contribution in [3.8, 4) is 0 Å². The van der Waals surface area contributed by atoms with E-state index in [4.69, 9.17) is 0 Å². The van der Waals surface area contributed by atoms with Crippen LogP contribution in [0.25, 0.3) is 0 Å². The summed E-state index contributed by atoms with van der Waals surface area (Å²) in [5, 5.41) is 3.05. The number of nitrogens with zero attached hydrogens (tertiary/aromatic N) is 1. The van der Waals surface area contributed by atoms with E-state index in [0.29, 0.717) is 16.3 Å². The molecule has 0 aliphatic rings. The summed E-state index contributed by atoms with van der Waals surface area (Å²) in [4.78, 5) is 27.0. The number of likely N-dealkylation sites (N-methyl/N-ethyl adjacent to an activating group) is 1. The highest BCUT2D eigenvalue weighted by Gasteiger charge is 2.18. The van der Waals surface area contributed by atoms with Crippen LogP contribution in [0, 0.1) is 0 Å². The number of amides is 1. The van der Waals surface area contributed by atoms with E-state index < -0.39 is 0 Å². The van der Waals surface area contributed by atoms with E-state index in [-0.39, 0.29) is 17.7 Å². The number of nitrogens with one attached hydrogen (secondary N) is 1. The van der Waals surface area contributed by atoms with Gasteiger partial charge in [0, 0.05) is 6.54 Å². The predicted octanol–water partition coefficient (Wildman–Crippen LogP) is 2.98. The molecule has 0 bridgehead atoms. The number of Topliss-reactive ketones (excluding diaryl/α,β-unsaturated/α-hetero) is 1. The van der Waals surface area contributed by atoms with Gasteiger partial charge in [-0.15, -0.1) is 11.3 Å². The molecule has 116 valence electrons. The van der Waals surface area contributed by atoms with Crippen LogP contribution in [0.2, 0.25) is 0 Å². The van der Waals surface area contributed by atoms with Crippen LogP contribution in [0.4, 0.5) is 0 Å². The van der Waals surface area contributed by atoms with Gasteiger partial charge in [0.1, 0.15) is 0 Å². The minimum absolute atomic E-state index is 0.0167. The second-order valence-corrected chi connectivity index (χ2v) is 6.50. The number of carbonyl (C=O) groups excluding carboxylic acids is 2. The van der Waals surface area contributed by atoms with Gasteiger partial charge in [0.05, 0.1) is 15.8 Å². The molecule has 0 spiro atoms. The van der Waals surface area contributed by atoms with Gasteiger partial charge in [-0.05, 0) is 38.7 Å². The summed E-state index contributed by atoms with van der Waals surface area (Å²) >= 11 is 1.23. The van der Waals surface area contributed by atoms with E-state index in [1.54, 1.807) is 12.1 Å². The van der Waals surface area contributed by atoms with Crippen LogP contribution in [0.3, 0.4) is 0 Å². The number of thiophene rings is 1. The average molecular weight is 316 g/mol. The fourth-order valence-electron chi connectivity index (χ4n) is 2.16. The van der Waals surface area contributed by atoms with E-state index >= 15 is 0 Å². The van der Waals surface area contributed by atoms with Gasteiger partial charge in [0.2, 0.25) is 0 Å². The van der Waals surface area contributed by atoms with Gasteiger partial charge in [0.25, 0.3) is 5.91 Å². The summed E-state index contributed by atoms with van der Waals surface area (Å²) in [6.07, 6.45) is 0. The Morgan fingerprint density at radius 3 is 2.27 bits per heavy atom.